The number of nitrogens with one attached hydrogen (secondary N) is 1. The fourth-order valence-electron chi connectivity index (χ4n) is 9.13. The van der Waals surface area contributed by atoms with Gasteiger partial charge in [0, 0.05) is 43.2 Å². The van der Waals surface area contributed by atoms with Crippen LogP contribution in [0.2, 0.25) is 0 Å². The van der Waals surface area contributed by atoms with Crippen molar-refractivity contribution in [2.75, 3.05) is 0 Å². The summed E-state index contributed by atoms with van der Waals surface area (Å²) in [5, 5.41) is 8.97. The van der Waals surface area contributed by atoms with Crippen molar-refractivity contribution >= 4 is 87.6 Å². The van der Waals surface area contributed by atoms with Crippen LogP contribution in [0, 0.1) is 0 Å². The lowest BCUT2D eigenvalue weighted by Gasteiger charge is -2.04. The monoisotopic (exact) mass is 741 g/mol. The molecule has 0 aliphatic carbocycles. The summed E-state index contributed by atoms with van der Waals surface area (Å²) in [6.45, 7) is 0. The fraction of sp³-hybridized carbons (Fsp3) is 0. The van der Waals surface area contributed by atoms with Gasteiger partial charge < -0.3 is 18.2 Å². The molecule has 270 valence electrons. The van der Waals surface area contributed by atoms with Crippen LogP contribution in [-0.4, -0.2) is 4.98 Å². The third-order valence-electron chi connectivity index (χ3n) is 12.0. The highest BCUT2D eigenvalue weighted by atomic mass is 16.3. The van der Waals surface area contributed by atoms with E-state index in [9.17, 15) is 0 Å². The zero-order chi connectivity index (χ0) is 37.9. The predicted octanol–water partition coefficient (Wildman–Crippen LogP) is 15.7. The van der Waals surface area contributed by atoms with Crippen LogP contribution in [0.1, 0.15) is 0 Å². The van der Waals surface area contributed by atoms with Gasteiger partial charge in [-0.15, -0.1) is 0 Å². The second-order valence-electron chi connectivity index (χ2n) is 15.3. The Morgan fingerprint density at radius 2 is 0.621 bits per heavy atom. The van der Waals surface area contributed by atoms with E-state index in [1.807, 2.05) is 6.07 Å². The molecule has 0 spiro atoms. The summed E-state index contributed by atoms with van der Waals surface area (Å²) >= 11 is 0. The molecule has 4 nitrogen and oxygen atoms in total. The predicted molar refractivity (Wildman–Crippen MR) is 239 cm³/mol. The Hall–Kier alpha value is -7.82. The van der Waals surface area contributed by atoms with E-state index in [0.717, 1.165) is 99.1 Å². The van der Waals surface area contributed by atoms with E-state index in [1.165, 1.54) is 33.0 Å². The zero-order valence-corrected chi connectivity index (χ0v) is 31.0. The van der Waals surface area contributed by atoms with Crippen molar-refractivity contribution in [3.63, 3.8) is 0 Å². The molecule has 58 heavy (non-hydrogen) atoms. The highest BCUT2D eigenvalue weighted by molar-refractivity contribution is 6.24. The Labute approximate surface area is 331 Å². The van der Waals surface area contributed by atoms with E-state index in [4.69, 9.17) is 13.3 Å². The number of fused-ring (bicyclic) bond motifs is 13. The largest absolute Gasteiger partial charge is 0.456 e. The molecule has 0 aliphatic heterocycles. The van der Waals surface area contributed by atoms with Gasteiger partial charge in [0.15, 0.2) is 0 Å². The van der Waals surface area contributed by atoms with Crippen molar-refractivity contribution in [1.29, 1.82) is 0 Å². The molecule has 0 radical (unpaired) electrons. The maximum Gasteiger partial charge on any atom is 0.137 e. The first-order valence-corrected chi connectivity index (χ1v) is 19.6. The molecule has 0 fully saturated rings. The Balaban J connectivity index is 0.920. The van der Waals surface area contributed by atoms with Gasteiger partial charge in [-0.1, -0.05) is 97.1 Å². The Morgan fingerprint density at radius 1 is 0.259 bits per heavy atom. The quantitative estimate of drug-likeness (QED) is 0.195. The van der Waals surface area contributed by atoms with E-state index < -0.39 is 0 Å². The number of H-pyrrole nitrogens is 1. The SMILES string of the molecule is c1ccc(-c2ccc3oc4ccc(-c5ccc6[nH]c7c(ccc8oc9ccc(-c%10ccc%11oc%12ccc(-c%13ccccc%13)cc%12c%11c%10)cc9c87)c6c5)cc4c3c2)cc1. The van der Waals surface area contributed by atoms with Gasteiger partial charge in [0.05, 0.1) is 10.9 Å². The van der Waals surface area contributed by atoms with Crippen molar-refractivity contribution in [3.8, 4) is 44.5 Å². The zero-order valence-electron chi connectivity index (χ0n) is 31.0. The van der Waals surface area contributed by atoms with E-state index in [0.29, 0.717) is 0 Å². The summed E-state index contributed by atoms with van der Waals surface area (Å²) in [7, 11) is 0. The second kappa shape index (κ2) is 11.8. The van der Waals surface area contributed by atoms with Crippen LogP contribution in [0.5, 0.6) is 0 Å². The first kappa shape index (κ1) is 31.4. The van der Waals surface area contributed by atoms with Crippen molar-refractivity contribution < 1.29 is 13.3 Å². The van der Waals surface area contributed by atoms with Crippen LogP contribution in [0.15, 0.2) is 195 Å². The smallest absolute Gasteiger partial charge is 0.137 e. The highest BCUT2D eigenvalue weighted by Crippen LogP contribution is 2.42. The van der Waals surface area contributed by atoms with Gasteiger partial charge in [-0.25, -0.2) is 0 Å². The second-order valence-corrected chi connectivity index (χ2v) is 15.3. The molecule has 0 saturated heterocycles. The molecule has 4 heterocycles. The number of aromatic nitrogens is 1. The van der Waals surface area contributed by atoms with E-state index in [2.05, 4.69) is 181 Å². The lowest BCUT2D eigenvalue weighted by Crippen LogP contribution is -1.79. The van der Waals surface area contributed by atoms with Gasteiger partial charge in [0.25, 0.3) is 0 Å². The molecular formula is C54H31NO3. The molecule has 4 heteroatoms. The first-order chi connectivity index (χ1) is 28.7. The molecule has 9 aromatic carbocycles. The molecule has 0 saturated carbocycles. The van der Waals surface area contributed by atoms with Crippen LogP contribution >= 0.6 is 0 Å². The first-order valence-electron chi connectivity index (χ1n) is 19.6. The summed E-state index contributed by atoms with van der Waals surface area (Å²) in [4.78, 5) is 3.78. The minimum Gasteiger partial charge on any atom is -0.456 e. The molecule has 0 aliphatic rings. The molecule has 0 unspecified atom stereocenters. The lowest BCUT2D eigenvalue weighted by molar-refractivity contribution is 0.668. The normalized spacial score (nSPS) is 12.1. The number of benzene rings is 9. The van der Waals surface area contributed by atoms with Crippen LogP contribution in [0.4, 0.5) is 0 Å². The number of aromatic amines is 1. The van der Waals surface area contributed by atoms with Crippen molar-refractivity contribution in [2.45, 2.75) is 0 Å². The van der Waals surface area contributed by atoms with Crippen LogP contribution in [0.3, 0.4) is 0 Å². The molecule has 4 aromatic heterocycles. The van der Waals surface area contributed by atoms with E-state index in [-0.39, 0.29) is 0 Å². The lowest BCUT2D eigenvalue weighted by atomic mass is 9.98. The maximum atomic E-state index is 6.47. The Bertz CT molecular complexity index is 3790. The molecule has 1 N–H and O–H groups in total. The summed E-state index contributed by atoms with van der Waals surface area (Å²) in [6, 6.07) is 64.5. The minimum absolute atomic E-state index is 0.864. The van der Waals surface area contributed by atoms with Gasteiger partial charge in [-0.3, -0.25) is 0 Å². The van der Waals surface area contributed by atoms with Gasteiger partial charge >= 0.3 is 0 Å². The summed E-state index contributed by atoms with van der Waals surface area (Å²) < 4.78 is 19.1. The Morgan fingerprint density at radius 3 is 1.10 bits per heavy atom. The fourth-order valence-corrected chi connectivity index (χ4v) is 9.13. The third kappa shape index (κ3) is 4.69. The number of rotatable bonds is 4. The molecule has 13 rings (SSSR count). The summed E-state index contributed by atoms with van der Waals surface area (Å²) in [5.74, 6) is 0. The molecule has 0 atom stereocenters. The van der Waals surface area contributed by atoms with Crippen molar-refractivity contribution in [3.05, 3.63) is 182 Å². The van der Waals surface area contributed by atoms with Gasteiger partial charge in [-0.05, 0) is 129 Å². The van der Waals surface area contributed by atoms with Crippen LogP contribution in [-0.2, 0) is 0 Å². The third-order valence-corrected chi connectivity index (χ3v) is 12.0. The average molecular weight is 742 g/mol. The average Bonchev–Trinajstić information content (AvgIpc) is 4.05. The van der Waals surface area contributed by atoms with Crippen LogP contribution < -0.4 is 0 Å². The molecule has 0 bridgehead atoms. The molecule has 0 amide bonds. The molecular weight excluding hydrogens is 711 g/mol. The van der Waals surface area contributed by atoms with E-state index >= 15 is 0 Å². The highest BCUT2D eigenvalue weighted by Gasteiger charge is 2.18. The van der Waals surface area contributed by atoms with Gasteiger partial charge in [-0.2, -0.15) is 0 Å². The summed E-state index contributed by atoms with van der Waals surface area (Å²) in [6.07, 6.45) is 0. The minimum atomic E-state index is 0.864. The number of hydrogen-bond acceptors (Lipinski definition) is 3. The standard InChI is InChI=1S/C54H31NO3/c1-3-7-31(8-4-1)33-12-19-47-41(26-33)43-28-36(14-21-49(43)56-47)35-11-18-46-40(25-35)39-17-24-52-53(54(39)55-46)45-30-38(16-23-51(45)58-52)37-15-22-50-44(29-37)42-27-34(13-20-48(42)57-50)32-9-5-2-6-10-32/h1-30,55H. The van der Waals surface area contributed by atoms with Crippen LogP contribution in [0.25, 0.3) is 132 Å². The number of hydrogen-bond donors (Lipinski definition) is 1. The van der Waals surface area contributed by atoms with Gasteiger partial charge in [0.1, 0.15) is 33.5 Å². The van der Waals surface area contributed by atoms with Crippen molar-refractivity contribution in [1.82, 2.24) is 4.98 Å². The number of furan rings is 3. The van der Waals surface area contributed by atoms with E-state index in [1.54, 1.807) is 0 Å². The van der Waals surface area contributed by atoms with Crippen molar-refractivity contribution in [2.24, 2.45) is 0 Å². The summed E-state index contributed by atoms with van der Waals surface area (Å²) in [5.41, 5.74) is 16.7. The van der Waals surface area contributed by atoms with Gasteiger partial charge in [0.2, 0.25) is 0 Å². The topological polar surface area (TPSA) is 55.2 Å². The Kier molecular flexibility index (Phi) is 6.41. The maximum absolute atomic E-state index is 6.47. The molecule has 13 aromatic rings.